The van der Waals surface area contributed by atoms with Gasteiger partial charge in [0, 0.05) is 30.2 Å². The normalized spacial score (nSPS) is 21.3. The van der Waals surface area contributed by atoms with E-state index in [1.807, 2.05) is 24.3 Å². The van der Waals surface area contributed by atoms with Gasteiger partial charge in [0.2, 0.25) is 15.9 Å². The molecule has 0 unspecified atom stereocenters. The monoisotopic (exact) mass is 438 g/mol. The minimum absolute atomic E-state index is 0.0771. The van der Waals surface area contributed by atoms with Crippen molar-refractivity contribution in [1.29, 1.82) is 0 Å². The van der Waals surface area contributed by atoms with Crippen molar-refractivity contribution in [2.24, 2.45) is 0 Å². The van der Waals surface area contributed by atoms with Gasteiger partial charge in [-0.05, 0) is 60.6 Å². The molecule has 5 nitrogen and oxygen atoms in total. The molecule has 2 aromatic carbocycles. The maximum absolute atomic E-state index is 12.9. The highest BCUT2D eigenvalue weighted by molar-refractivity contribution is 7.89. The molecule has 0 aromatic heterocycles. The molecule has 0 atom stereocenters. The van der Waals surface area contributed by atoms with Gasteiger partial charge in [-0.3, -0.25) is 4.79 Å². The second-order valence-corrected chi connectivity index (χ2v) is 9.90. The first-order valence-electron chi connectivity index (χ1n) is 9.13. The van der Waals surface area contributed by atoms with Crippen molar-refractivity contribution < 1.29 is 13.2 Å². The fourth-order valence-corrected chi connectivity index (χ4v) is 5.89. The minimum atomic E-state index is -3.73. The van der Waals surface area contributed by atoms with Crippen LogP contribution in [0.1, 0.15) is 36.8 Å². The highest BCUT2D eigenvalue weighted by atomic mass is 35.5. The third kappa shape index (κ3) is 3.66. The summed E-state index contributed by atoms with van der Waals surface area (Å²) in [7, 11) is -3.73. The van der Waals surface area contributed by atoms with Crippen LogP contribution in [0.25, 0.3) is 0 Å². The van der Waals surface area contributed by atoms with E-state index in [9.17, 15) is 13.2 Å². The standard InChI is InChI=1S/C20H20Cl2N2O3S/c1-12(25)24-7-6-14-10-20(18(22)11-19(14)24)28(26,27)23-17-8-15(9-17)13-2-4-16(21)5-3-13/h2-5,10-11,15,17,23H,6-9H2,1H3. The summed E-state index contributed by atoms with van der Waals surface area (Å²) in [6, 6.07) is 10.7. The Morgan fingerprint density at radius 3 is 2.46 bits per heavy atom. The molecule has 1 heterocycles. The highest BCUT2D eigenvalue weighted by Gasteiger charge is 2.35. The Bertz CT molecular complexity index is 1030. The molecule has 4 rings (SSSR count). The first kappa shape index (κ1) is 19.7. The Hall–Kier alpha value is -1.60. The van der Waals surface area contributed by atoms with Gasteiger partial charge in [-0.1, -0.05) is 35.3 Å². The first-order chi connectivity index (χ1) is 13.2. The average Bonchev–Trinajstić information content (AvgIpc) is 3.01. The molecular formula is C20H20Cl2N2O3S. The Balaban J connectivity index is 1.48. The van der Waals surface area contributed by atoms with Gasteiger partial charge < -0.3 is 4.90 Å². The van der Waals surface area contributed by atoms with Gasteiger partial charge in [-0.2, -0.15) is 0 Å². The smallest absolute Gasteiger partial charge is 0.242 e. The van der Waals surface area contributed by atoms with Gasteiger partial charge in [-0.25, -0.2) is 13.1 Å². The molecule has 148 valence electrons. The molecule has 0 saturated heterocycles. The van der Waals surface area contributed by atoms with Crippen molar-refractivity contribution in [1.82, 2.24) is 4.72 Å². The summed E-state index contributed by atoms with van der Waals surface area (Å²) >= 11 is 12.2. The fourth-order valence-electron chi connectivity index (χ4n) is 3.93. The van der Waals surface area contributed by atoms with Gasteiger partial charge in [0.1, 0.15) is 4.90 Å². The zero-order valence-corrected chi connectivity index (χ0v) is 17.6. The van der Waals surface area contributed by atoms with Crippen LogP contribution in [0.4, 0.5) is 5.69 Å². The van der Waals surface area contributed by atoms with Crippen molar-refractivity contribution in [3.63, 3.8) is 0 Å². The van der Waals surface area contributed by atoms with Gasteiger partial charge >= 0.3 is 0 Å². The third-order valence-electron chi connectivity index (χ3n) is 5.50. The summed E-state index contributed by atoms with van der Waals surface area (Å²) in [5.41, 5.74) is 2.69. The van der Waals surface area contributed by atoms with E-state index in [0.29, 0.717) is 29.6 Å². The number of hydrogen-bond acceptors (Lipinski definition) is 3. The molecule has 1 amide bonds. The number of hydrogen-bond donors (Lipinski definition) is 1. The Labute approximate surface area is 174 Å². The van der Waals surface area contributed by atoms with Gasteiger partial charge in [0.05, 0.1) is 5.02 Å². The van der Waals surface area contributed by atoms with Crippen molar-refractivity contribution in [3.8, 4) is 0 Å². The lowest BCUT2D eigenvalue weighted by atomic mass is 9.76. The summed E-state index contributed by atoms with van der Waals surface area (Å²) < 4.78 is 28.5. The Morgan fingerprint density at radius 2 is 1.82 bits per heavy atom. The summed E-state index contributed by atoms with van der Waals surface area (Å²) in [6.07, 6.45) is 2.10. The van der Waals surface area contributed by atoms with E-state index in [0.717, 1.165) is 18.4 Å². The van der Waals surface area contributed by atoms with Crippen LogP contribution in [-0.4, -0.2) is 26.9 Å². The SMILES string of the molecule is CC(=O)N1CCc2cc(S(=O)(=O)NC3CC(c4ccc(Cl)cc4)C3)c(Cl)cc21. The lowest BCUT2D eigenvalue weighted by molar-refractivity contribution is -0.116. The summed E-state index contributed by atoms with van der Waals surface area (Å²) in [4.78, 5) is 13.4. The molecule has 2 aromatic rings. The topological polar surface area (TPSA) is 66.5 Å². The van der Waals surface area contributed by atoms with Crippen LogP contribution in [-0.2, 0) is 21.2 Å². The number of carbonyl (C=O) groups excluding carboxylic acids is 1. The van der Waals surface area contributed by atoms with Crippen LogP contribution in [0, 0.1) is 0 Å². The molecule has 1 aliphatic heterocycles. The highest BCUT2D eigenvalue weighted by Crippen LogP contribution is 2.39. The minimum Gasteiger partial charge on any atom is -0.312 e. The number of fused-ring (bicyclic) bond motifs is 1. The molecule has 0 spiro atoms. The number of nitrogens with one attached hydrogen (secondary N) is 1. The number of halogens is 2. The first-order valence-corrected chi connectivity index (χ1v) is 11.4. The molecular weight excluding hydrogens is 419 g/mol. The van der Waals surface area contributed by atoms with E-state index in [2.05, 4.69) is 4.72 Å². The van der Waals surface area contributed by atoms with Crippen molar-refractivity contribution in [3.05, 3.63) is 57.6 Å². The summed E-state index contributed by atoms with van der Waals surface area (Å²) in [5, 5.41) is 0.822. The quantitative estimate of drug-likeness (QED) is 0.779. The van der Waals surface area contributed by atoms with Crippen molar-refractivity contribution >= 4 is 44.8 Å². The zero-order chi connectivity index (χ0) is 20.1. The number of anilines is 1. The number of amides is 1. The van der Waals surface area contributed by atoms with Crippen LogP contribution in [0.15, 0.2) is 41.3 Å². The molecule has 1 saturated carbocycles. The molecule has 2 aliphatic rings. The number of nitrogens with zero attached hydrogens (tertiary/aromatic N) is 1. The van der Waals surface area contributed by atoms with E-state index >= 15 is 0 Å². The number of benzene rings is 2. The lowest BCUT2D eigenvalue weighted by Gasteiger charge is -2.36. The number of rotatable bonds is 4. The van der Waals surface area contributed by atoms with Crippen LogP contribution in [0.3, 0.4) is 0 Å². The maximum Gasteiger partial charge on any atom is 0.242 e. The Morgan fingerprint density at radius 1 is 1.14 bits per heavy atom. The van der Waals surface area contributed by atoms with Crippen LogP contribution in [0.5, 0.6) is 0 Å². The predicted molar refractivity (Wildman–Crippen MR) is 111 cm³/mol. The fraction of sp³-hybridized carbons (Fsp3) is 0.350. The van der Waals surface area contributed by atoms with Gasteiger partial charge in [0.15, 0.2) is 0 Å². The number of carbonyl (C=O) groups is 1. The van der Waals surface area contributed by atoms with E-state index in [4.69, 9.17) is 23.2 Å². The molecule has 8 heteroatoms. The molecule has 0 bridgehead atoms. The van der Waals surface area contributed by atoms with Crippen LogP contribution in [0.2, 0.25) is 10.0 Å². The van der Waals surface area contributed by atoms with E-state index < -0.39 is 10.0 Å². The van der Waals surface area contributed by atoms with E-state index in [1.54, 1.807) is 17.0 Å². The molecule has 1 N–H and O–H groups in total. The second-order valence-electron chi connectivity index (χ2n) is 7.37. The molecule has 0 radical (unpaired) electrons. The zero-order valence-electron chi connectivity index (χ0n) is 15.3. The van der Waals surface area contributed by atoms with Gasteiger partial charge in [0.25, 0.3) is 0 Å². The molecule has 1 fully saturated rings. The van der Waals surface area contributed by atoms with E-state index in [1.165, 1.54) is 12.5 Å². The Kier molecular flexibility index (Phi) is 5.16. The average molecular weight is 439 g/mol. The lowest BCUT2D eigenvalue weighted by Crippen LogP contribution is -2.43. The molecule has 28 heavy (non-hydrogen) atoms. The third-order valence-corrected chi connectivity index (χ3v) is 7.74. The summed E-state index contributed by atoms with van der Waals surface area (Å²) in [6.45, 7) is 2.03. The maximum atomic E-state index is 12.9. The second kappa shape index (κ2) is 7.34. The van der Waals surface area contributed by atoms with Crippen LogP contribution >= 0.6 is 23.2 Å². The van der Waals surface area contributed by atoms with Crippen molar-refractivity contribution in [2.75, 3.05) is 11.4 Å². The van der Waals surface area contributed by atoms with E-state index in [-0.39, 0.29) is 21.9 Å². The van der Waals surface area contributed by atoms with Crippen molar-refractivity contribution in [2.45, 2.75) is 43.0 Å². The molecule has 1 aliphatic carbocycles. The largest absolute Gasteiger partial charge is 0.312 e. The summed E-state index contributed by atoms with van der Waals surface area (Å²) in [5.74, 6) is 0.246. The number of sulfonamides is 1. The van der Waals surface area contributed by atoms with Crippen LogP contribution < -0.4 is 9.62 Å². The predicted octanol–water partition coefficient (Wildman–Crippen LogP) is 4.13. The van der Waals surface area contributed by atoms with Gasteiger partial charge in [-0.15, -0.1) is 0 Å².